The van der Waals surface area contributed by atoms with Gasteiger partial charge in [0.1, 0.15) is 0 Å². The average Bonchev–Trinajstić information content (AvgIpc) is 2.43. The van der Waals surface area contributed by atoms with Gasteiger partial charge >= 0.3 is 5.97 Å². The number of hydrogen-bond donors (Lipinski definition) is 1. The molecule has 0 amide bonds. The van der Waals surface area contributed by atoms with Gasteiger partial charge in [0.2, 0.25) is 0 Å². The first-order valence-corrected chi connectivity index (χ1v) is 9.30. The molecule has 20 heavy (non-hydrogen) atoms. The van der Waals surface area contributed by atoms with Crippen LogP contribution in [0.4, 0.5) is 0 Å². The summed E-state index contributed by atoms with van der Waals surface area (Å²) in [7, 11) is 0. The van der Waals surface area contributed by atoms with Crippen LogP contribution >= 0.6 is 11.8 Å². The standard InChI is InChI=1S/C16H32O3S/c1-2-3-10-14-20-15-13-19-12-9-7-5-4-6-8-11-16(17)18/h2-15H2,1H3,(H,17,18). The Bertz CT molecular complexity index is 210. The summed E-state index contributed by atoms with van der Waals surface area (Å²) in [5.41, 5.74) is 0. The van der Waals surface area contributed by atoms with Crippen LogP contribution in [0.15, 0.2) is 0 Å². The molecule has 0 spiro atoms. The second-order valence-electron chi connectivity index (χ2n) is 5.20. The van der Waals surface area contributed by atoms with E-state index in [2.05, 4.69) is 6.92 Å². The SMILES string of the molecule is CCCCCSCCOCCCCCCCCC(=O)O. The fourth-order valence-electron chi connectivity index (χ4n) is 1.96. The quantitative estimate of drug-likeness (QED) is 0.418. The zero-order valence-corrected chi connectivity index (χ0v) is 13.9. The Labute approximate surface area is 128 Å². The summed E-state index contributed by atoms with van der Waals surface area (Å²) in [5, 5.41) is 8.50. The van der Waals surface area contributed by atoms with Crippen molar-refractivity contribution in [1.29, 1.82) is 0 Å². The Morgan fingerprint density at radius 2 is 1.60 bits per heavy atom. The molecule has 0 aliphatic rings. The first-order valence-electron chi connectivity index (χ1n) is 8.14. The summed E-state index contributed by atoms with van der Waals surface area (Å²) in [6.07, 6.45) is 10.9. The number of unbranched alkanes of at least 4 members (excludes halogenated alkanes) is 7. The van der Waals surface area contributed by atoms with Crippen LogP contribution in [-0.2, 0) is 9.53 Å². The Morgan fingerprint density at radius 1 is 0.900 bits per heavy atom. The van der Waals surface area contributed by atoms with E-state index in [0.29, 0.717) is 6.42 Å². The van der Waals surface area contributed by atoms with E-state index < -0.39 is 5.97 Å². The zero-order valence-electron chi connectivity index (χ0n) is 13.1. The van der Waals surface area contributed by atoms with E-state index in [4.69, 9.17) is 9.84 Å². The number of rotatable bonds is 16. The third-order valence-corrected chi connectivity index (χ3v) is 4.23. The lowest BCUT2D eigenvalue weighted by Crippen LogP contribution is -2.00. The predicted octanol–water partition coefficient (Wildman–Crippen LogP) is 4.74. The van der Waals surface area contributed by atoms with Gasteiger partial charge in [-0.1, -0.05) is 45.4 Å². The lowest BCUT2D eigenvalue weighted by molar-refractivity contribution is -0.137. The van der Waals surface area contributed by atoms with Crippen molar-refractivity contribution >= 4 is 17.7 Å². The number of hydrogen-bond acceptors (Lipinski definition) is 3. The molecule has 0 bridgehead atoms. The van der Waals surface area contributed by atoms with E-state index in [1.54, 1.807) is 0 Å². The molecule has 0 radical (unpaired) electrons. The van der Waals surface area contributed by atoms with Crippen LogP contribution in [0, 0.1) is 0 Å². The molecule has 0 aromatic carbocycles. The van der Waals surface area contributed by atoms with Crippen LogP contribution in [0.2, 0.25) is 0 Å². The highest BCUT2D eigenvalue weighted by molar-refractivity contribution is 7.99. The number of carbonyl (C=O) groups is 1. The molecule has 0 fully saturated rings. The molecular weight excluding hydrogens is 272 g/mol. The second-order valence-corrected chi connectivity index (χ2v) is 6.42. The maximum Gasteiger partial charge on any atom is 0.303 e. The van der Waals surface area contributed by atoms with Crippen molar-refractivity contribution in [3.8, 4) is 0 Å². The highest BCUT2D eigenvalue weighted by Crippen LogP contribution is 2.08. The van der Waals surface area contributed by atoms with Gasteiger partial charge in [-0.15, -0.1) is 0 Å². The molecule has 1 N–H and O–H groups in total. The molecule has 0 saturated carbocycles. The van der Waals surface area contributed by atoms with Gasteiger partial charge in [0, 0.05) is 18.8 Å². The summed E-state index contributed by atoms with van der Waals surface area (Å²) in [5.74, 6) is 1.72. The fraction of sp³-hybridized carbons (Fsp3) is 0.938. The third-order valence-electron chi connectivity index (χ3n) is 3.19. The molecule has 0 aliphatic carbocycles. The number of thioether (sulfide) groups is 1. The fourth-order valence-corrected chi connectivity index (χ4v) is 2.81. The summed E-state index contributed by atoms with van der Waals surface area (Å²) >= 11 is 2.00. The van der Waals surface area contributed by atoms with Crippen molar-refractivity contribution in [1.82, 2.24) is 0 Å². The number of aliphatic carboxylic acids is 1. The highest BCUT2D eigenvalue weighted by atomic mass is 32.2. The first kappa shape index (κ1) is 19.8. The van der Waals surface area contributed by atoms with Crippen LogP contribution < -0.4 is 0 Å². The maximum absolute atomic E-state index is 10.3. The van der Waals surface area contributed by atoms with Crippen LogP contribution in [0.25, 0.3) is 0 Å². The van der Waals surface area contributed by atoms with E-state index in [0.717, 1.165) is 44.6 Å². The van der Waals surface area contributed by atoms with Crippen molar-refractivity contribution in [2.45, 2.75) is 71.1 Å². The Morgan fingerprint density at radius 3 is 2.30 bits per heavy atom. The highest BCUT2D eigenvalue weighted by Gasteiger charge is 1.96. The van der Waals surface area contributed by atoms with Crippen LogP contribution in [0.3, 0.4) is 0 Å². The monoisotopic (exact) mass is 304 g/mol. The summed E-state index contributed by atoms with van der Waals surface area (Å²) in [6, 6.07) is 0. The van der Waals surface area contributed by atoms with Gasteiger partial charge in [-0.25, -0.2) is 0 Å². The van der Waals surface area contributed by atoms with Crippen molar-refractivity contribution in [3.05, 3.63) is 0 Å². The minimum atomic E-state index is -0.675. The van der Waals surface area contributed by atoms with E-state index in [9.17, 15) is 4.79 Å². The normalized spacial score (nSPS) is 10.8. The number of carboxylic acids is 1. The first-order chi connectivity index (χ1) is 9.77. The molecule has 120 valence electrons. The van der Waals surface area contributed by atoms with Gasteiger partial charge in [0.15, 0.2) is 0 Å². The molecule has 0 aromatic rings. The molecule has 0 aliphatic heterocycles. The lowest BCUT2D eigenvalue weighted by atomic mass is 10.1. The molecule has 0 saturated heterocycles. The molecule has 0 heterocycles. The van der Waals surface area contributed by atoms with Crippen LogP contribution in [-0.4, -0.2) is 35.8 Å². The van der Waals surface area contributed by atoms with Crippen LogP contribution in [0.5, 0.6) is 0 Å². The Balaban J connectivity index is 2.94. The molecule has 0 aromatic heterocycles. The average molecular weight is 304 g/mol. The van der Waals surface area contributed by atoms with E-state index in [1.165, 1.54) is 37.9 Å². The Kier molecular flexibility index (Phi) is 16.6. The van der Waals surface area contributed by atoms with Gasteiger partial charge in [-0.3, -0.25) is 4.79 Å². The second kappa shape index (κ2) is 16.8. The van der Waals surface area contributed by atoms with Gasteiger partial charge in [-0.2, -0.15) is 11.8 Å². The predicted molar refractivity (Wildman–Crippen MR) is 87.6 cm³/mol. The molecule has 0 rings (SSSR count). The molecular formula is C16H32O3S. The number of ether oxygens (including phenoxy) is 1. The number of carboxylic acid groups (broad SMARTS) is 1. The minimum Gasteiger partial charge on any atom is -0.481 e. The summed E-state index contributed by atoms with van der Waals surface area (Å²) in [4.78, 5) is 10.3. The van der Waals surface area contributed by atoms with Crippen molar-refractivity contribution < 1.29 is 14.6 Å². The van der Waals surface area contributed by atoms with Gasteiger partial charge in [0.05, 0.1) is 6.61 Å². The lowest BCUT2D eigenvalue weighted by Gasteiger charge is -2.04. The molecule has 4 heteroatoms. The minimum absolute atomic E-state index is 0.318. The maximum atomic E-state index is 10.3. The Hall–Kier alpha value is -0.220. The molecule has 0 atom stereocenters. The topological polar surface area (TPSA) is 46.5 Å². The third kappa shape index (κ3) is 17.8. The smallest absolute Gasteiger partial charge is 0.303 e. The molecule has 0 unspecified atom stereocenters. The van der Waals surface area contributed by atoms with Gasteiger partial charge in [0.25, 0.3) is 0 Å². The van der Waals surface area contributed by atoms with Crippen LogP contribution in [0.1, 0.15) is 71.1 Å². The van der Waals surface area contributed by atoms with Crippen molar-refractivity contribution in [2.24, 2.45) is 0 Å². The zero-order chi connectivity index (χ0) is 14.9. The molecule has 3 nitrogen and oxygen atoms in total. The summed E-state index contributed by atoms with van der Waals surface area (Å²) < 4.78 is 5.60. The van der Waals surface area contributed by atoms with Crippen molar-refractivity contribution in [2.75, 3.05) is 24.7 Å². The van der Waals surface area contributed by atoms with Gasteiger partial charge < -0.3 is 9.84 Å². The van der Waals surface area contributed by atoms with Gasteiger partial charge in [-0.05, 0) is 25.0 Å². The largest absolute Gasteiger partial charge is 0.481 e. The summed E-state index contributed by atoms with van der Waals surface area (Å²) in [6.45, 7) is 4.00. The van der Waals surface area contributed by atoms with Crippen molar-refractivity contribution in [3.63, 3.8) is 0 Å². The van der Waals surface area contributed by atoms with E-state index in [1.807, 2.05) is 11.8 Å². The van der Waals surface area contributed by atoms with E-state index >= 15 is 0 Å². The van der Waals surface area contributed by atoms with E-state index in [-0.39, 0.29) is 0 Å².